The molecule has 1 aliphatic rings. The molecule has 0 aliphatic carbocycles. The molecule has 0 saturated carbocycles. The van der Waals surface area contributed by atoms with Crippen molar-refractivity contribution in [3.05, 3.63) is 0 Å². The van der Waals surface area contributed by atoms with E-state index < -0.39 is 0 Å². The Balaban J connectivity index is 2.35. The topological polar surface area (TPSA) is 53.5 Å². The molecule has 0 aromatic carbocycles. The van der Waals surface area contributed by atoms with E-state index in [1.165, 1.54) is 0 Å². The van der Waals surface area contributed by atoms with Gasteiger partial charge in [-0.3, -0.25) is 15.1 Å². The minimum Gasteiger partial charge on any atom is -0.344 e. The number of amides is 1. The molecule has 1 rings (SSSR count). The maximum Gasteiger partial charge on any atom is 0.249 e. The normalized spacial score (nSPS) is 22.6. The van der Waals surface area contributed by atoms with E-state index in [1.54, 1.807) is 0 Å². The van der Waals surface area contributed by atoms with Crippen molar-refractivity contribution in [2.45, 2.75) is 32.7 Å². The van der Waals surface area contributed by atoms with E-state index in [1.807, 2.05) is 11.8 Å². The fourth-order valence-electron chi connectivity index (χ4n) is 1.46. The number of rotatable bonds is 6. The molecule has 0 spiro atoms. The number of thioether (sulfide) groups is 1. The summed E-state index contributed by atoms with van der Waals surface area (Å²) in [6, 6.07) is -0.0851. The average Bonchev–Trinajstić information content (AvgIpc) is 2.57. The number of nitrogens with one attached hydrogen (secondary N) is 2. The molecule has 0 radical (unpaired) electrons. The second-order valence-corrected chi connectivity index (χ2v) is 5.39. The Morgan fingerprint density at radius 3 is 2.88 bits per heavy atom. The minimum atomic E-state index is -0.0851. The lowest BCUT2D eigenvalue weighted by atomic mass is 10.2. The van der Waals surface area contributed by atoms with Gasteiger partial charge in [0.1, 0.15) is 6.04 Å². The van der Waals surface area contributed by atoms with Crippen molar-refractivity contribution in [1.82, 2.24) is 10.6 Å². The number of aliphatic imine (C=N–C) groups is 1. The molecular weight excluding hydrogens is 222 g/mol. The minimum absolute atomic E-state index is 0.0589. The first-order valence-electron chi connectivity index (χ1n) is 5.74. The average molecular weight is 243 g/mol. The first kappa shape index (κ1) is 13.4. The summed E-state index contributed by atoms with van der Waals surface area (Å²) in [7, 11) is 0. The molecular formula is C11H21N3OS. The van der Waals surface area contributed by atoms with Gasteiger partial charge in [0, 0.05) is 6.54 Å². The van der Waals surface area contributed by atoms with Gasteiger partial charge in [0.2, 0.25) is 5.91 Å². The van der Waals surface area contributed by atoms with Crippen LogP contribution in [0.5, 0.6) is 0 Å². The van der Waals surface area contributed by atoms with Crippen LogP contribution in [0.2, 0.25) is 0 Å². The van der Waals surface area contributed by atoms with E-state index in [-0.39, 0.29) is 11.9 Å². The van der Waals surface area contributed by atoms with Gasteiger partial charge in [-0.05, 0) is 30.8 Å². The Bertz CT molecular complexity index is 266. The molecule has 1 saturated heterocycles. The molecule has 1 fully saturated rings. The molecule has 2 N–H and O–H groups in total. The summed E-state index contributed by atoms with van der Waals surface area (Å²) < 4.78 is 0. The maximum atomic E-state index is 11.6. The van der Waals surface area contributed by atoms with Crippen molar-refractivity contribution >= 4 is 23.6 Å². The van der Waals surface area contributed by atoms with Crippen LogP contribution in [0.25, 0.3) is 0 Å². The number of carbonyl (C=O) groups excluding carboxylic acids is 1. The van der Waals surface area contributed by atoms with E-state index in [9.17, 15) is 4.79 Å². The largest absolute Gasteiger partial charge is 0.344 e. The standard InChI is InChI=1S/C11H21N3OS/c1-8(2)7-12-11-13-9(10(15)14-11)5-4-6-16-3/h8-9H,4-7H2,1-3H3,(H2,12,13,14,15). The van der Waals surface area contributed by atoms with E-state index in [2.05, 4.69) is 35.7 Å². The van der Waals surface area contributed by atoms with Gasteiger partial charge in [0.05, 0.1) is 0 Å². The summed E-state index contributed by atoms with van der Waals surface area (Å²) >= 11 is 1.81. The van der Waals surface area contributed by atoms with Crippen LogP contribution in [0.4, 0.5) is 0 Å². The summed E-state index contributed by atoms with van der Waals surface area (Å²) in [5.74, 6) is 2.32. The molecule has 1 unspecified atom stereocenters. The van der Waals surface area contributed by atoms with Crippen LogP contribution in [0, 0.1) is 5.92 Å². The highest BCUT2D eigenvalue weighted by molar-refractivity contribution is 7.98. The van der Waals surface area contributed by atoms with Crippen LogP contribution >= 0.6 is 11.8 Å². The van der Waals surface area contributed by atoms with Crippen LogP contribution < -0.4 is 10.6 Å². The Morgan fingerprint density at radius 1 is 1.50 bits per heavy atom. The molecule has 1 heterocycles. The Labute approximate surface area is 102 Å². The molecule has 1 amide bonds. The predicted octanol–water partition coefficient (Wildman–Crippen LogP) is 1.23. The van der Waals surface area contributed by atoms with Crippen LogP contribution in [-0.4, -0.2) is 36.5 Å². The van der Waals surface area contributed by atoms with Crippen molar-refractivity contribution in [2.24, 2.45) is 10.9 Å². The third kappa shape index (κ3) is 4.43. The smallest absolute Gasteiger partial charge is 0.249 e. The molecule has 5 heteroatoms. The van der Waals surface area contributed by atoms with Crippen LogP contribution in [0.1, 0.15) is 26.7 Å². The number of hydrogen-bond donors (Lipinski definition) is 2. The molecule has 1 aliphatic heterocycles. The molecule has 4 nitrogen and oxygen atoms in total. The fraction of sp³-hybridized carbons (Fsp3) is 0.818. The van der Waals surface area contributed by atoms with Crippen molar-refractivity contribution in [3.8, 4) is 0 Å². The summed E-state index contributed by atoms with van der Waals surface area (Å²) in [6.07, 6.45) is 4.02. The van der Waals surface area contributed by atoms with Crippen molar-refractivity contribution in [1.29, 1.82) is 0 Å². The van der Waals surface area contributed by atoms with Crippen molar-refractivity contribution in [3.63, 3.8) is 0 Å². The van der Waals surface area contributed by atoms with E-state index in [4.69, 9.17) is 0 Å². The predicted molar refractivity (Wildman–Crippen MR) is 69.8 cm³/mol. The summed E-state index contributed by atoms with van der Waals surface area (Å²) in [5.41, 5.74) is 0. The van der Waals surface area contributed by atoms with Crippen molar-refractivity contribution < 1.29 is 4.79 Å². The van der Waals surface area contributed by atoms with Gasteiger partial charge >= 0.3 is 0 Å². The summed E-state index contributed by atoms with van der Waals surface area (Å²) in [4.78, 5) is 15.9. The van der Waals surface area contributed by atoms with E-state index in [0.29, 0.717) is 11.9 Å². The molecule has 92 valence electrons. The lowest BCUT2D eigenvalue weighted by Gasteiger charge is -2.06. The second-order valence-electron chi connectivity index (χ2n) is 4.40. The zero-order chi connectivity index (χ0) is 12.0. The van der Waals surface area contributed by atoms with Gasteiger partial charge in [-0.25, -0.2) is 0 Å². The quantitative estimate of drug-likeness (QED) is 0.690. The number of nitrogens with zero attached hydrogens (tertiary/aromatic N) is 1. The van der Waals surface area contributed by atoms with Gasteiger partial charge in [0.25, 0.3) is 0 Å². The van der Waals surface area contributed by atoms with Crippen LogP contribution in [0.15, 0.2) is 4.99 Å². The maximum absolute atomic E-state index is 11.6. The van der Waals surface area contributed by atoms with E-state index in [0.717, 1.165) is 25.1 Å². The van der Waals surface area contributed by atoms with E-state index >= 15 is 0 Å². The zero-order valence-corrected chi connectivity index (χ0v) is 11.1. The lowest BCUT2D eigenvalue weighted by molar-refractivity contribution is -0.120. The van der Waals surface area contributed by atoms with Gasteiger partial charge in [-0.2, -0.15) is 11.8 Å². The Hall–Kier alpha value is -0.710. The first-order valence-corrected chi connectivity index (χ1v) is 7.13. The van der Waals surface area contributed by atoms with Gasteiger partial charge < -0.3 is 5.32 Å². The number of guanidine groups is 1. The molecule has 1 atom stereocenters. The monoisotopic (exact) mass is 243 g/mol. The third-order valence-electron chi connectivity index (χ3n) is 2.32. The number of carbonyl (C=O) groups is 1. The van der Waals surface area contributed by atoms with Gasteiger partial charge in [-0.15, -0.1) is 0 Å². The highest BCUT2D eigenvalue weighted by Gasteiger charge is 2.27. The molecule has 16 heavy (non-hydrogen) atoms. The third-order valence-corrected chi connectivity index (χ3v) is 3.02. The highest BCUT2D eigenvalue weighted by Crippen LogP contribution is 2.06. The van der Waals surface area contributed by atoms with Gasteiger partial charge in [0.15, 0.2) is 5.96 Å². The molecule has 0 aromatic heterocycles. The number of hydrogen-bond acceptors (Lipinski definition) is 3. The first-order chi connectivity index (χ1) is 7.63. The lowest BCUT2D eigenvalue weighted by Crippen LogP contribution is -2.29. The summed E-state index contributed by atoms with van der Waals surface area (Å²) in [6.45, 7) is 4.97. The second kappa shape index (κ2) is 6.78. The molecule has 0 aromatic rings. The van der Waals surface area contributed by atoms with Crippen molar-refractivity contribution in [2.75, 3.05) is 18.6 Å². The zero-order valence-electron chi connectivity index (χ0n) is 10.2. The molecule has 0 bridgehead atoms. The highest BCUT2D eigenvalue weighted by atomic mass is 32.2. The SMILES string of the molecule is CSCCCC1NC(=NCC(C)C)NC1=O. The Kier molecular flexibility index (Phi) is 5.66. The van der Waals surface area contributed by atoms with Gasteiger partial charge in [-0.1, -0.05) is 13.8 Å². The fourth-order valence-corrected chi connectivity index (χ4v) is 1.92. The van der Waals surface area contributed by atoms with Crippen LogP contribution in [0.3, 0.4) is 0 Å². The van der Waals surface area contributed by atoms with Crippen LogP contribution in [-0.2, 0) is 4.79 Å². The Morgan fingerprint density at radius 2 is 2.25 bits per heavy atom. The summed E-state index contributed by atoms with van der Waals surface area (Å²) in [5, 5.41) is 5.91.